The predicted molar refractivity (Wildman–Crippen MR) is 60.4 cm³/mol. The molecule has 1 nitrogen and oxygen atoms in total. The second-order valence-electron chi connectivity index (χ2n) is 5.04. The van der Waals surface area contributed by atoms with Crippen LogP contribution in [0.15, 0.2) is 12.2 Å². The van der Waals surface area contributed by atoms with Gasteiger partial charge < -0.3 is 0 Å². The maximum Gasteiger partial charge on any atom is 0.256 e. The first kappa shape index (κ1) is 12.5. The van der Waals surface area contributed by atoms with Crippen LogP contribution in [0.5, 0.6) is 0 Å². The Bertz CT molecular complexity index is 596. The van der Waals surface area contributed by atoms with Gasteiger partial charge >= 0.3 is 0 Å². The number of ether oxygens (including phenoxy) is 1. The van der Waals surface area contributed by atoms with E-state index in [1.807, 2.05) is 0 Å². The number of allylic oxidation sites excluding steroid dienone is 1. The van der Waals surface area contributed by atoms with Crippen LogP contribution in [0.25, 0.3) is 0 Å². The van der Waals surface area contributed by atoms with E-state index in [9.17, 15) is 17.6 Å². The summed E-state index contributed by atoms with van der Waals surface area (Å²) < 4.78 is 60.0. The minimum absolute atomic E-state index is 0.0952. The molecule has 0 fully saturated rings. The van der Waals surface area contributed by atoms with Gasteiger partial charge in [0, 0.05) is 11.5 Å². The van der Waals surface area contributed by atoms with Gasteiger partial charge in [0.25, 0.3) is 6.10 Å². The van der Waals surface area contributed by atoms with E-state index in [0.717, 1.165) is 0 Å². The summed E-state index contributed by atoms with van der Waals surface area (Å²) in [5.41, 5.74) is -1.31. The fraction of sp³-hybridized carbons (Fsp3) is 0.357. The fourth-order valence-electron chi connectivity index (χ4n) is 3.10. The molecule has 5 heteroatoms. The highest BCUT2D eigenvalue weighted by molar-refractivity contribution is 5.54. The third kappa shape index (κ3) is 1.36. The Hall–Kier alpha value is -1.49. The first-order chi connectivity index (χ1) is 8.91. The summed E-state index contributed by atoms with van der Waals surface area (Å²) >= 11 is 0. The third-order valence-electron chi connectivity index (χ3n) is 4.09. The van der Waals surface area contributed by atoms with Gasteiger partial charge in [0.05, 0.1) is 12.7 Å². The number of hydrogen-bond acceptors (Lipinski definition) is 1. The number of fused-ring (bicyclic) bond motifs is 1. The van der Waals surface area contributed by atoms with Gasteiger partial charge in [-0.15, -0.1) is 0 Å². The molecule has 1 aromatic rings. The highest BCUT2D eigenvalue weighted by Crippen LogP contribution is 2.55. The average molecular weight is 271 g/mol. The molecule has 0 spiro atoms. The Morgan fingerprint density at radius 2 is 1.79 bits per heavy atom. The van der Waals surface area contributed by atoms with Crippen LogP contribution >= 0.6 is 0 Å². The highest BCUT2D eigenvalue weighted by atomic mass is 19.2. The van der Waals surface area contributed by atoms with E-state index in [-0.39, 0.29) is 11.1 Å². The van der Waals surface area contributed by atoms with Crippen molar-refractivity contribution in [1.29, 1.82) is 0 Å². The van der Waals surface area contributed by atoms with Gasteiger partial charge in [-0.05, 0) is 13.0 Å². The van der Waals surface area contributed by atoms with Crippen molar-refractivity contribution in [2.45, 2.75) is 24.7 Å². The zero-order valence-electron chi connectivity index (χ0n) is 10.4. The van der Waals surface area contributed by atoms with Crippen molar-refractivity contribution in [2.24, 2.45) is 0 Å². The lowest BCUT2D eigenvalue weighted by Crippen LogP contribution is -2.41. The van der Waals surface area contributed by atoms with Gasteiger partial charge in [-0.1, -0.05) is 6.08 Å². The second kappa shape index (κ2) is 3.76. The summed E-state index contributed by atoms with van der Waals surface area (Å²) in [4.78, 5) is 0. The van der Waals surface area contributed by atoms with Crippen molar-refractivity contribution in [3.63, 3.8) is 0 Å². The average Bonchev–Trinajstić information content (AvgIpc) is 2.41. The minimum Gasteiger partial charge on any atom is -0.203 e. The van der Waals surface area contributed by atoms with Crippen LogP contribution < -0.4 is 0 Å². The summed E-state index contributed by atoms with van der Waals surface area (Å²) in [5, 5.41) is 0. The van der Waals surface area contributed by atoms with Crippen LogP contribution in [-0.2, 0) is 10.2 Å². The van der Waals surface area contributed by atoms with Gasteiger partial charge in [0.15, 0.2) is 28.7 Å². The zero-order valence-corrected chi connectivity index (χ0v) is 10.4. The molecule has 4 rings (SSSR count). The third-order valence-corrected chi connectivity index (χ3v) is 4.09. The molecule has 2 unspecified atom stereocenters. The summed E-state index contributed by atoms with van der Waals surface area (Å²) in [6.07, 6.45) is 4.21. The van der Waals surface area contributed by atoms with Crippen LogP contribution in [0, 0.1) is 29.4 Å². The first-order valence-electron chi connectivity index (χ1n) is 5.87. The van der Waals surface area contributed by atoms with Crippen LogP contribution in [0.4, 0.5) is 17.6 Å². The molecule has 0 heterocycles. The molecule has 0 saturated carbocycles. The van der Waals surface area contributed by atoms with Crippen molar-refractivity contribution in [2.75, 3.05) is 7.11 Å². The lowest BCUT2D eigenvalue weighted by molar-refractivity contribution is 0.129. The SMILES string of the molecule is CO[C+]1CC2C=CC1(C)c1c(F)c(F)c(F)c(F)c12. The molecule has 0 radical (unpaired) electrons. The zero-order chi connectivity index (χ0) is 13.9. The quantitative estimate of drug-likeness (QED) is 0.248. The number of benzene rings is 1. The Labute approximate surface area is 107 Å². The van der Waals surface area contributed by atoms with E-state index < -0.39 is 34.6 Å². The topological polar surface area (TPSA) is 9.23 Å². The van der Waals surface area contributed by atoms with E-state index in [1.54, 1.807) is 19.1 Å². The predicted octanol–water partition coefficient (Wildman–Crippen LogP) is 3.74. The van der Waals surface area contributed by atoms with E-state index in [4.69, 9.17) is 4.74 Å². The Morgan fingerprint density at radius 3 is 2.42 bits per heavy atom. The molecule has 2 atom stereocenters. The molecule has 2 bridgehead atoms. The van der Waals surface area contributed by atoms with Crippen LogP contribution in [0.2, 0.25) is 0 Å². The molecular weight excluding hydrogens is 260 g/mol. The Kier molecular flexibility index (Phi) is 2.48. The van der Waals surface area contributed by atoms with E-state index in [2.05, 4.69) is 0 Å². The van der Waals surface area contributed by atoms with Crippen molar-refractivity contribution >= 4 is 0 Å². The van der Waals surface area contributed by atoms with Gasteiger partial charge in [-0.3, -0.25) is 0 Å². The minimum atomic E-state index is -1.77. The lowest BCUT2D eigenvalue weighted by atomic mass is 9.61. The maximum atomic E-state index is 14.1. The fourth-order valence-corrected chi connectivity index (χ4v) is 3.10. The molecule has 19 heavy (non-hydrogen) atoms. The largest absolute Gasteiger partial charge is 0.256 e. The van der Waals surface area contributed by atoms with Crippen molar-refractivity contribution in [1.82, 2.24) is 0 Å². The molecule has 0 N–H and O–H groups in total. The monoisotopic (exact) mass is 271 g/mol. The molecule has 0 aromatic heterocycles. The maximum absolute atomic E-state index is 14.1. The molecule has 1 aromatic carbocycles. The molecule has 0 saturated heterocycles. The molecule has 3 aliphatic rings. The van der Waals surface area contributed by atoms with Crippen LogP contribution in [-0.4, -0.2) is 7.11 Å². The van der Waals surface area contributed by atoms with E-state index in [1.165, 1.54) is 7.11 Å². The summed E-state index contributed by atoms with van der Waals surface area (Å²) in [6, 6.07) is 0. The van der Waals surface area contributed by atoms with E-state index >= 15 is 0 Å². The van der Waals surface area contributed by atoms with Gasteiger partial charge in [-0.25, -0.2) is 17.6 Å². The standard InChI is InChI=1S/C14H11F4O/c1-14-4-3-6(5-7(14)19-2)8-9(14)11(16)13(18)12(17)10(8)15/h3-4,6H,5H2,1-2H3/q+1. The molecule has 0 amide bonds. The van der Waals surface area contributed by atoms with E-state index in [0.29, 0.717) is 12.5 Å². The summed E-state index contributed by atoms with van der Waals surface area (Å²) in [5.74, 6) is -6.67. The summed E-state index contributed by atoms with van der Waals surface area (Å²) in [6.45, 7) is 1.61. The lowest BCUT2D eigenvalue weighted by Gasteiger charge is -2.37. The number of hydrogen-bond donors (Lipinski definition) is 0. The summed E-state index contributed by atoms with van der Waals surface area (Å²) in [7, 11) is 1.43. The van der Waals surface area contributed by atoms with Crippen molar-refractivity contribution in [3.05, 3.63) is 52.7 Å². The Morgan fingerprint density at radius 1 is 1.16 bits per heavy atom. The van der Waals surface area contributed by atoms with Gasteiger partial charge in [0.2, 0.25) is 0 Å². The second-order valence-corrected chi connectivity index (χ2v) is 5.04. The molecule has 0 aliphatic heterocycles. The Balaban J connectivity index is 2.37. The van der Waals surface area contributed by atoms with Gasteiger partial charge in [0.1, 0.15) is 6.42 Å². The molecule has 3 aliphatic carbocycles. The smallest absolute Gasteiger partial charge is 0.203 e. The number of methoxy groups -OCH3 is 1. The highest BCUT2D eigenvalue weighted by Gasteiger charge is 2.59. The molecule has 100 valence electrons. The number of rotatable bonds is 1. The molecular formula is C14H11F4O+. The van der Waals surface area contributed by atoms with Crippen molar-refractivity contribution < 1.29 is 22.3 Å². The normalized spacial score (nSPS) is 27.9. The van der Waals surface area contributed by atoms with Crippen molar-refractivity contribution in [3.8, 4) is 0 Å². The van der Waals surface area contributed by atoms with Gasteiger partial charge in [-0.2, -0.15) is 4.74 Å². The number of halogens is 4. The van der Waals surface area contributed by atoms with Crippen LogP contribution in [0.1, 0.15) is 30.4 Å². The van der Waals surface area contributed by atoms with Crippen LogP contribution in [0.3, 0.4) is 0 Å². The first-order valence-corrected chi connectivity index (χ1v) is 5.87.